The molecule has 1 saturated heterocycles. The van der Waals surface area contributed by atoms with Gasteiger partial charge in [0.25, 0.3) is 17.5 Å². The second kappa shape index (κ2) is 16.4. The monoisotopic (exact) mass is 672 g/mol. The van der Waals surface area contributed by atoms with E-state index in [0.717, 1.165) is 11.3 Å². The maximum absolute atomic E-state index is 12.8. The van der Waals surface area contributed by atoms with Crippen molar-refractivity contribution in [2.45, 2.75) is 39.5 Å². The standard InChI is InChI=1S/C18H17N7O11S2.C6H15N/c19-15(27)14-13(17(29)24(14)38(32,33)34)22-16(28)12(10-7-37-18(20)21-10)23-36-6-11(26)35-5-8-1-3-9(4-2-8)25(30)31;1-4-7(5-2)6-3/h1-4,7,13-14H,5-6H2,(H2,19,27)(H2,20,21)(H,22,28)(H,32,33,34);4-6H2,1-3H3/b23-12-;/t13-,14-;/m0./s1. The fourth-order valence-electron chi connectivity index (χ4n) is 3.69. The first-order chi connectivity index (χ1) is 21.1. The minimum absolute atomic E-state index is 0.00953. The van der Waals surface area contributed by atoms with Gasteiger partial charge in [0.15, 0.2) is 16.9 Å². The van der Waals surface area contributed by atoms with Gasteiger partial charge in [0.2, 0.25) is 12.5 Å². The fourth-order valence-corrected chi connectivity index (χ4v) is 5.09. The van der Waals surface area contributed by atoms with E-state index in [1.807, 2.05) is 5.32 Å². The summed E-state index contributed by atoms with van der Waals surface area (Å²) in [4.78, 5) is 69.7. The highest BCUT2D eigenvalue weighted by molar-refractivity contribution is 7.84. The second-order valence-corrected chi connectivity index (χ2v) is 11.1. The normalized spacial score (nSPS) is 16.2. The van der Waals surface area contributed by atoms with Crippen molar-refractivity contribution < 1.29 is 46.6 Å². The van der Waals surface area contributed by atoms with Crippen LogP contribution in [0.1, 0.15) is 32.0 Å². The number of thiazole rings is 1. The number of non-ortho nitro benzene ring substituents is 1. The highest BCUT2D eigenvalue weighted by atomic mass is 32.2. The number of nitrogens with one attached hydrogen (secondary N) is 1. The third-order valence-corrected chi connectivity index (χ3v) is 7.66. The number of nitro benzene ring substituents is 1. The SMILES string of the molecule is CCN(CC)CC.NC(=O)[C@@H]1[C@H](NC(=O)/C(=N\OCC(=O)OCc2ccc([N+](=O)[O-])cc2)c2csc(N)n2)C(=O)N1S(=O)(=O)O. The number of oxime groups is 1. The Balaban J connectivity index is 0.000000900. The van der Waals surface area contributed by atoms with E-state index in [-0.39, 0.29) is 27.4 Å². The average molecular weight is 673 g/mol. The lowest BCUT2D eigenvalue weighted by atomic mass is 9.98. The van der Waals surface area contributed by atoms with Gasteiger partial charge in [-0.15, -0.1) is 11.3 Å². The van der Waals surface area contributed by atoms with Crippen molar-refractivity contribution in [2.24, 2.45) is 10.9 Å². The molecule has 45 heavy (non-hydrogen) atoms. The summed E-state index contributed by atoms with van der Waals surface area (Å²) < 4.78 is 36.5. The minimum Gasteiger partial charge on any atom is -0.458 e. The van der Waals surface area contributed by atoms with Gasteiger partial charge in [0.05, 0.1) is 4.92 Å². The predicted molar refractivity (Wildman–Crippen MR) is 159 cm³/mol. The quantitative estimate of drug-likeness (QED) is 0.0488. The Bertz CT molecular complexity index is 1520. The molecule has 1 aromatic heterocycles. The number of esters is 1. The van der Waals surface area contributed by atoms with Gasteiger partial charge in [-0.3, -0.25) is 29.1 Å². The molecule has 246 valence electrons. The van der Waals surface area contributed by atoms with Gasteiger partial charge in [-0.1, -0.05) is 25.9 Å². The van der Waals surface area contributed by atoms with Crippen LogP contribution in [0.5, 0.6) is 0 Å². The summed E-state index contributed by atoms with van der Waals surface area (Å²) in [6.45, 7) is 9.08. The van der Waals surface area contributed by atoms with Crippen LogP contribution in [-0.2, 0) is 45.7 Å². The number of nitrogens with zero attached hydrogens (tertiary/aromatic N) is 5. The first kappa shape index (κ1) is 36.5. The molecule has 0 spiro atoms. The summed E-state index contributed by atoms with van der Waals surface area (Å²) >= 11 is 0.902. The van der Waals surface area contributed by atoms with Gasteiger partial charge < -0.3 is 31.3 Å². The Morgan fingerprint density at radius 1 is 1.20 bits per heavy atom. The molecule has 0 aliphatic carbocycles. The Morgan fingerprint density at radius 3 is 2.24 bits per heavy atom. The molecule has 0 unspecified atom stereocenters. The number of aromatic nitrogens is 1. The maximum Gasteiger partial charge on any atom is 0.363 e. The molecule has 1 aromatic carbocycles. The number of carbonyl (C=O) groups is 4. The molecule has 1 fully saturated rings. The average Bonchev–Trinajstić information content (AvgIpc) is 3.41. The zero-order valence-corrected chi connectivity index (χ0v) is 25.9. The first-order valence-electron chi connectivity index (χ1n) is 13.1. The van der Waals surface area contributed by atoms with Crippen LogP contribution in [0.25, 0.3) is 0 Å². The first-order valence-corrected chi connectivity index (χ1v) is 15.4. The lowest BCUT2D eigenvalue weighted by Gasteiger charge is -2.41. The van der Waals surface area contributed by atoms with Crippen molar-refractivity contribution >= 4 is 61.9 Å². The topological polar surface area (TPSA) is 280 Å². The molecule has 1 aliphatic heterocycles. The fraction of sp³-hybridized carbons (Fsp3) is 0.417. The van der Waals surface area contributed by atoms with Crippen LogP contribution in [0.15, 0.2) is 34.8 Å². The highest BCUT2D eigenvalue weighted by Crippen LogP contribution is 2.24. The Labute approximate surface area is 261 Å². The molecule has 0 saturated carbocycles. The van der Waals surface area contributed by atoms with E-state index >= 15 is 0 Å². The van der Waals surface area contributed by atoms with Crippen LogP contribution in [0.2, 0.25) is 0 Å². The number of amides is 3. The van der Waals surface area contributed by atoms with E-state index in [1.54, 1.807) is 0 Å². The zero-order chi connectivity index (χ0) is 33.9. The zero-order valence-electron chi connectivity index (χ0n) is 24.3. The van der Waals surface area contributed by atoms with Gasteiger partial charge in [0, 0.05) is 17.5 Å². The number of hydrogen-bond acceptors (Lipinski definition) is 15. The van der Waals surface area contributed by atoms with E-state index in [9.17, 15) is 37.7 Å². The van der Waals surface area contributed by atoms with Crippen LogP contribution in [0, 0.1) is 10.1 Å². The molecule has 3 rings (SSSR count). The van der Waals surface area contributed by atoms with Gasteiger partial charge in [-0.2, -0.15) is 12.7 Å². The molecule has 0 bridgehead atoms. The van der Waals surface area contributed by atoms with Crippen molar-refractivity contribution in [3.63, 3.8) is 0 Å². The third-order valence-electron chi connectivity index (χ3n) is 6.08. The summed E-state index contributed by atoms with van der Waals surface area (Å²) in [5.74, 6) is -4.81. The highest BCUT2D eigenvalue weighted by Gasteiger charge is 2.57. The molecule has 2 heterocycles. The van der Waals surface area contributed by atoms with Crippen LogP contribution in [0.3, 0.4) is 0 Å². The molecular weight excluding hydrogens is 640 g/mol. The molecule has 3 amide bonds. The largest absolute Gasteiger partial charge is 0.458 e. The molecule has 21 heteroatoms. The van der Waals surface area contributed by atoms with Crippen molar-refractivity contribution in [1.82, 2.24) is 19.5 Å². The molecule has 1 aliphatic rings. The van der Waals surface area contributed by atoms with Crippen LogP contribution in [-0.4, -0.2) is 99.8 Å². The number of nitrogens with two attached hydrogens (primary N) is 2. The van der Waals surface area contributed by atoms with E-state index in [0.29, 0.717) is 5.56 Å². The number of nitrogen functional groups attached to an aromatic ring is 1. The number of hydrogen-bond donors (Lipinski definition) is 4. The number of rotatable bonds is 14. The number of anilines is 1. The summed E-state index contributed by atoms with van der Waals surface area (Å²) in [6, 6.07) is 1.51. The lowest BCUT2D eigenvalue weighted by molar-refractivity contribution is -0.384. The number of ether oxygens (including phenoxy) is 1. The number of carbonyl (C=O) groups excluding carboxylic acids is 4. The summed E-state index contributed by atoms with van der Waals surface area (Å²) in [6.07, 6.45) is 0. The van der Waals surface area contributed by atoms with E-state index in [1.165, 1.54) is 49.3 Å². The minimum atomic E-state index is -5.13. The van der Waals surface area contributed by atoms with Gasteiger partial charge in [0.1, 0.15) is 18.3 Å². The van der Waals surface area contributed by atoms with E-state index in [4.69, 9.17) is 25.6 Å². The molecular formula is C24H32N8O11S2. The molecule has 6 N–H and O–H groups in total. The molecule has 19 nitrogen and oxygen atoms in total. The Kier molecular flexibility index (Phi) is 13.3. The van der Waals surface area contributed by atoms with E-state index < -0.39 is 63.3 Å². The van der Waals surface area contributed by atoms with Crippen molar-refractivity contribution in [2.75, 3.05) is 32.0 Å². The van der Waals surface area contributed by atoms with Crippen molar-refractivity contribution in [1.29, 1.82) is 0 Å². The van der Waals surface area contributed by atoms with Gasteiger partial charge >= 0.3 is 16.3 Å². The van der Waals surface area contributed by atoms with E-state index in [2.05, 4.69) is 35.8 Å². The predicted octanol–water partition coefficient (Wildman–Crippen LogP) is -0.571. The number of benzene rings is 1. The number of nitro groups is 1. The smallest absolute Gasteiger partial charge is 0.363 e. The Morgan fingerprint density at radius 2 is 1.80 bits per heavy atom. The molecule has 0 radical (unpaired) electrons. The van der Waals surface area contributed by atoms with Gasteiger partial charge in [-0.25, -0.2) is 9.78 Å². The second-order valence-electron chi connectivity index (χ2n) is 8.90. The number of primary amides is 1. The summed E-state index contributed by atoms with van der Waals surface area (Å²) in [5, 5.41) is 17.5. The Hall–Kier alpha value is -4.73. The van der Waals surface area contributed by atoms with Gasteiger partial charge in [-0.05, 0) is 37.3 Å². The number of β-lactam (4-membered cyclic amide) rings is 1. The van der Waals surface area contributed by atoms with Crippen molar-refractivity contribution in [3.05, 3.63) is 51.0 Å². The molecule has 2 atom stereocenters. The van der Waals surface area contributed by atoms with Crippen molar-refractivity contribution in [3.8, 4) is 0 Å². The van der Waals surface area contributed by atoms with Crippen LogP contribution in [0.4, 0.5) is 10.8 Å². The maximum atomic E-state index is 12.8. The third kappa shape index (κ3) is 10.2. The molecule has 2 aromatic rings. The lowest BCUT2D eigenvalue weighted by Crippen LogP contribution is -2.75. The van der Waals surface area contributed by atoms with Crippen LogP contribution >= 0.6 is 11.3 Å². The van der Waals surface area contributed by atoms with Crippen LogP contribution < -0.4 is 16.8 Å². The summed E-state index contributed by atoms with van der Waals surface area (Å²) in [5.41, 5.74) is 10.2. The summed E-state index contributed by atoms with van der Waals surface area (Å²) in [7, 11) is -5.13.